The first kappa shape index (κ1) is 12.2. The smallest absolute Gasteiger partial charge is 0.0846 e. The van der Waals surface area contributed by atoms with Crippen LogP contribution in [-0.4, -0.2) is 32.2 Å². The summed E-state index contributed by atoms with van der Waals surface area (Å²) in [6.45, 7) is 10.6. The molecule has 0 aromatic rings. The summed E-state index contributed by atoms with van der Waals surface area (Å²) in [5.74, 6) is 2.51. The molecule has 0 aliphatic heterocycles. The largest absolute Gasteiger partial charge is 0.330 e. The van der Waals surface area contributed by atoms with Crippen LogP contribution in [0.15, 0.2) is 12.2 Å². The fraction of sp³-hybridized carbons (Fsp3) is 0.867. The van der Waals surface area contributed by atoms with Crippen LogP contribution in [0.25, 0.3) is 0 Å². The first-order valence-corrected chi connectivity index (χ1v) is 6.71. The highest BCUT2D eigenvalue weighted by Crippen LogP contribution is 2.58. The molecule has 16 heavy (non-hydrogen) atoms. The van der Waals surface area contributed by atoms with Gasteiger partial charge in [-0.25, -0.2) is 0 Å². The van der Waals surface area contributed by atoms with Crippen LogP contribution < -0.4 is 0 Å². The number of fused-ring (bicyclic) bond motifs is 2. The third-order valence-electron chi connectivity index (χ3n) is 5.06. The highest BCUT2D eigenvalue weighted by molar-refractivity contribution is 5.18. The molecule has 0 spiro atoms. The van der Waals surface area contributed by atoms with Gasteiger partial charge in [0.05, 0.1) is 27.7 Å². The molecule has 0 aromatic carbocycles. The van der Waals surface area contributed by atoms with E-state index in [0.29, 0.717) is 5.41 Å². The standard InChI is InChI=1S/C15H28N/c1-11-12(10-16(4,5)6)9-13-7-8-14(11)15(13,2)3/h12-14H,1,7-10H2,2-6H3/q+1. The van der Waals surface area contributed by atoms with Gasteiger partial charge in [0.2, 0.25) is 0 Å². The van der Waals surface area contributed by atoms with Crippen molar-refractivity contribution >= 4 is 0 Å². The van der Waals surface area contributed by atoms with Crippen molar-refractivity contribution in [3.8, 4) is 0 Å². The molecule has 3 unspecified atom stereocenters. The molecule has 3 atom stereocenters. The maximum absolute atomic E-state index is 4.44. The summed E-state index contributed by atoms with van der Waals surface area (Å²) in [7, 11) is 6.90. The summed E-state index contributed by atoms with van der Waals surface area (Å²) in [6.07, 6.45) is 4.21. The van der Waals surface area contributed by atoms with Gasteiger partial charge in [-0.2, -0.15) is 0 Å². The molecule has 0 heterocycles. The lowest BCUT2D eigenvalue weighted by atomic mass is 9.62. The van der Waals surface area contributed by atoms with Crippen LogP contribution in [0.1, 0.15) is 33.1 Å². The Kier molecular flexibility index (Phi) is 2.73. The van der Waals surface area contributed by atoms with Crippen molar-refractivity contribution in [1.29, 1.82) is 0 Å². The van der Waals surface area contributed by atoms with E-state index in [1.54, 1.807) is 5.57 Å². The maximum Gasteiger partial charge on any atom is 0.0846 e. The van der Waals surface area contributed by atoms with Gasteiger partial charge < -0.3 is 4.48 Å². The van der Waals surface area contributed by atoms with Gasteiger partial charge in [-0.1, -0.05) is 26.0 Å². The van der Waals surface area contributed by atoms with Gasteiger partial charge in [-0.05, 0) is 36.5 Å². The molecule has 2 rings (SSSR count). The normalized spacial score (nSPS) is 37.8. The lowest BCUT2D eigenvalue weighted by Gasteiger charge is -2.44. The van der Waals surface area contributed by atoms with Crippen LogP contribution in [0.4, 0.5) is 0 Å². The fourth-order valence-electron chi connectivity index (χ4n) is 4.11. The Bertz CT molecular complexity index is 295. The van der Waals surface area contributed by atoms with Crippen LogP contribution in [-0.2, 0) is 0 Å². The first-order valence-electron chi connectivity index (χ1n) is 6.71. The minimum atomic E-state index is 0.526. The predicted molar refractivity (Wildman–Crippen MR) is 70.1 cm³/mol. The lowest BCUT2D eigenvalue weighted by molar-refractivity contribution is -0.873. The molecule has 0 radical (unpaired) electrons. The van der Waals surface area contributed by atoms with Crippen molar-refractivity contribution in [2.45, 2.75) is 33.1 Å². The number of hydrogen-bond acceptors (Lipinski definition) is 0. The van der Waals surface area contributed by atoms with E-state index >= 15 is 0 Å². The van der Waals surface area contributed by atoms with Crippen molar-refractivity contribution in [3.05, 3.63) is 12.2 Å². The van der Waals surface area contributed by atoms with E-state index in [1.165, 1.54) is 25.8 Å². The fourth-order valence-corrected chi connectivity index (χ4v) is 4.11. The van der Waals surface area contributed by atoms with Gasteiger partial charge in [0.15, 0.2) is 0 Å². The topological polar surface area (TPSA) is 0 Å². The highest BCUT2D eigenvalue weighted by atomic mass is 15.3. The van der Waals surface area contributed by atoms with Crippen molar-refractivity contribution in [3.63, 3.8) is 0 Å². The van der Waals surface area contributed by atoms with E-state index in [1.807, 2.05) is 0 Å². The Morgan fingerprint density at radius 2 is 1.88 bits per heavy atom. The molecular formula is C15H28N+. The first-order chi connectivity index (χ1) is 7.22. The third kappa shape index (κ3) is 1.95. The van der Waals surface area contributed by atoms with E-state index in [-0.39, 0.29) is 0 Å². The molecule has 2 aliphatic carbocycles. The number of hydrogen-bond donors (Lipinski definition) is 0. The third-order valence-corrected chi connectivity index (χ3v) is 5.06. The van der Waals surface area contributed by atoms with Crippen molar-refractivity contribution in [1.82, 2.24) is 0 Å². The SMILES string of the molecule is C=C1C(C[N+](C)(C)C)CC2CCC1C2(C)C. The molecule has 2 bridgehead atoms. The van der Waals surface area contributed by atoms with Crippen LogP contribution in [0.5, 0.6) is 0 Å². The molecule has 92 valence electrons. The van der Waals surface area contributed by atoms with Crippen molar-refractivity contribution in [2.24, 2.45) is 23.2 Å². The monoisotopic (exact) mass is 222 g/mol. The molecule has 0 N–H and O–H groups in total. The second-order valence-electron chi connectivity index (χ2n) is 7.63. The molecular weight excluding hydrogens is 194 g/mol. The van der Waals surface area contributed by atoms with Gasteiger partial charge in [0.25, 0.3) is 0 Å². The minimum Gasteiger partial charge on any atom is -0.330 e. The second-order valence-corrected chi connectivity index (χ2v) is 7.63. The summed E-state index contributed by atoms with van der Waals surface area (Å²) >= 11 is 0. The average Bonchev–Trinajstić information content (AvgIpc) is 2.27. The zero-order valence-electron chi connectivity index (χ0n) is 11.7. The van der Waals surface area contributed by atoms with Gasteiger partial charge in [-0.15, -0.1) is 0 Å². The molecule has 2 saturated carbocycles. The van der Waals surface area contributed by atoms with Crippen LogP contribution >= 0.6 is 0 Å². The summed E-state index contributed by atoms with van der Waals surface area (Å²) in [5.41, 5.74) is 2.09. The Balaban J connectivity index is 2.15. The van der Waals surface area contributed by atoms with Gasteiger partial charge in [0, 0.05) is 5.92 Å². The summed E-state index contributed by atoms with van der Waals surface area (Å²) < 4.78 is 1.07. The van der Waals surface area contributed by atoms with Gasteiger partial charge >= 0.3 is 0 Å². The molecule has 1 heteroatoms. The predicted octanol–water partition coefficient (Wildman–Crippen LogP) is 3.32. The van der Waals surface area contributed by atoms with Gasteiger partial charge in [-0.3, -0.25) is 0 Å². The number of rotatable bonds is 2. The quantitative estimate of drug-likeness (QED) is 0.497. The molecule has 0 aromatic heterocycles. The average molecular weight is 222 g/mol. The Labute approximate surface area is 101 Å². The molecule has 2 aliphatic rings. The minimum absolute atomic E-state index is 0.526. The zero-order valence-corrected chi connectivity index (χ0v) is 11.7. The van der Waals surface area contributed by atoms with Crippen LogP contribution in [0.2, 0.25) is 0 Å². The Morgan fingerprint density at radius 3 is 2.44 bits per heavy atom. The van der Waals surface area contributed by atoms with E-state index < -0.39 is 0 Å². The number of quaternary nitrogens is 1. The second kappa shape index (κ2) is 3.60. The van der Waals surface area contributed by atoms with Crippen molar-refractivity contribution < 1.29 is 4.48 Å². The van der Waals surface area contributed by atoms with Crippen molar-refractivity contribution in [2.75, 3.05) is 27.7 Å². The molecule has 0 amide bonds. The highest BCUT2D eigenvalue weighted by Gasteiger charge is 2.50. The van der Waals surface area contributed by atoms with E-state index in [2.05, 4.69) is 41.6 Å². The van der Waals surface area contributed by atoms with E-state index in [0.717, 1.165) is 22.2 Å². The Morgan fingerprint density at radius 1 is 1.25 bits per heavy atom. The van der Waals surface area contributed by atoms with Crippen LogP contribution in [0.3, 0.4) is 0 Å². The lowest BCUT2D eigenvalue weighted by Crippen LogP contribution is -2.44. The van der Waals surface area contributed by atoms with Crippen LogP contribution in [0, 0.1) is 23.2 Å². The summed E-state index contributed by atoms with van der Waals surface area (Å²) in [5, 5.41) is 0. The van der Waals surface area contributed by atoms with E-state index in [4.69, 9.17) is 0 Å². The molecule has 0 saturated heterocycles. The summed E-state index contributed by atoms with van der Waals surface area (Å²) in [4.78, 5) is 0. The molecule has 2 fully saturated rings. The van der Waals surface area contributed by atoms with Gasteiger partial charge in [0.1, 0.15) is 0 Å². The zero-order chi connectivity index (χ0) is 12.1. The number of nitrogens with zero attached hydrogens (tertiary/aromatic N) is 1. The maximum atomic E-state index is 4.44. The van der Waals surface area contributed by atoms with E-state index in [9.17, 15) is 0 Å². The summed E-state index contributed by atoms with van der Waals surface area (Å²) in [6, 6.07) is 0. The molecule has 1 nitrogen and oxygen atoms in total. The Hall–Kier alpha value is -0.300.